The lowest BCUT2D eigenvalue weighted by atomic mass is 9.88. The first-order chi connectivity index (χ1) is 14.7. The molecule has 5 rings (SSSR count). The topological polar surface area (TPSA) is 50.5 Å². The fourth-order valence-corrected chi connectivity index (χ4v) is 4.84. The number of aryl methyl sites for hydroxylation is 1. The lowest BCUT2D eigenvalue weighted by molar-refractivity contribution is -0.143. The van der Waals surface area contributed by atoms with Gasteiger partial charge in [-0.25, -0.2) is 9.50 Å². The van der Waals surface area contributed by atoms with Gasteiger partial charge in [-0.1, -0.05) is 31.2 Å². The maximum atomic E-state index is 14.2. The first-order valence-corrected chi connectivity index (χ1v) is 10.6. The van der Waals surface area contributed by atoms with Crippen LogP contribution in [-0.4, -0.2) is 38.0 Å². The summed E-state index contributed by atoms with van der Waals surface area (Å²) < 4.78 is 43.3. The monoisotopic (exact) mass is 428 g/mol. The van der Waals surface area contributed by atoms with E-state index in [1.54, 1.807) is 17.0 Å². The molecule has 31 heavy (non-hydrogen) atoms. The highest BCUT2D eigenvalue weighted by Crippen LogP contribution is 2.40. The molecule has 0 saturated carbocycles. The van der Waals surface area contributed by atoms with Crippen molar-refractivity contribution in [3.8, 4) is 11.3 Å². The molecule has 0 spiro atoms. The van der Waals surface area contributed by atoms with Crippen LogP contribution < -0.4 is 0 Å². The number of amides is 1. The highest BCUT2D eigenvalue weighted by molar-refractivity contribution is 5.93. The lowest BCUT2D eigenvalue weighted by Gasteiger charge is -2.36. The van der Waals surface area contributed by atoms with Gasteiger partial charge in [0.1, 0.15) is 0 Å². The third-order valence-corrected chi connectivity index (χ3v) is 6.48. The number of piperidine rings is 1. The molecule has 0 bridgehead atoms. The molecule has 0 radical (unpaired) electrons. The molecule has 3 aromatic rings. The third kappa shape index (κ3) is 3.28. The Morgan fingerprint density at radius 3 is 2.68 bits per heavy atom. The molecule has 162 valence electrons. The second kappa shape index (κ2) is 7.07. The van der Waals surface area contributed by atoms with Crippen molar-refractivity contribution in [2.45, 2.75) is 51.7 Å². The first-order valence-electron chi connectivity index (χ1n) is 10.6. The van der Waals surface area contributed by atoms with Gasteiger partial charge in [0.25, 0.3) is 5.91 Å². The zero-order valence-electron chi connectivity index (χ0n) is 17.4. The van der Waals surface area contributed by atoms with Crippen molar-refractivity contribution in [2.75, 3.05) is 6.54 Å². The minimum absolute atomic E-state index is 0.00887. The van der Waals surface area contributed by atoms with Crippen LogP contribution >= 0.6 is 0 Å². The van der Waals surface area contributed by atoms with Gasteiger partial charge in [-0.15, -0.1) is 0 Å². The van der Waals surface area contributed by atoms with E-state index < -0.39 is 11.9 Å². The summed E-state index contributed by atoms with van der Waals surface area (Å²) in [6.45, 7) is 4.62. The highest BCUT2D eigenvalue weighted by Gasteiger charge is 2.40. The van der Waals surface area contributed by atoms with E-state index in [2.05, 4.69) is 17.0 Å². The summed E-state index contributed by atoms with van der Waals surface area (Å²) in [7, 11) is 0. The number of rotatable bonds is 1. The summed E-state index contributed by atoms with van der Waals surface area (Å²) >= 11 is 0. The molecule has 2 atom stereocenters. The first kappa shape index (κ1) is 20.0. The van der Waals surface area contributed by atoms with E-state index >= 15 is 0 Å². The fourth-order valence-electron chi connectivity index (χ4n) is 4.84. The lowest BCUT2D eigenvalue weighted by Crippen LogP contribution is -2.45. The number of alkyl halides is 3. The number of carbonyl (C=O) groups is 1. The predicted octanol–water partition coefficient (Wildman–Crippen LogP) is 4.77. The minimum atomic E-state index is -4.61. The number of likely N-dealkylation sites (tertiary alicyclic amines) is 1. The van der Waals surface area contributed by atoms with Crippen molar-refractivity contribution in [3.63, 3.8) is 0 Å². The quantitative estimate of drug-likeness (QED) is 0.561. The normalized spacial score (nSPS) is 21.1. The zero-order valence-corrected chi connectivity index (χ0v) is 17.4. The van der Waals surface area contributed by atoms with Gasteiger partial charge in [0.05, 0.1) is 5.69 Å². The Bertz CT molecular complexity index is 1180. The van der Waals surface area contributed by atoms with Crippen LogP contribution in [0.5, 0.6) is 0 Å². The van der Waals surface area contributed by atoms with Crippen molar-refractivity contribution in [1.82, 2.24) is 19.5 Å². The molecule has 2 aliphatic rings. The van der Waals surface area contributed by atoms with Crippen LogP contribution in [0.2, 0.25) is 0 Å². The van der Waals surface area contributed by atoms with Crippen molar-refractivity contribution in [3.05, 3.63) is 52.8 Å². The van der Waals surface area contributed by atoms with Crippen LogP contribution in [0.15, 0.2) is 30.3 Å². The molecule has 0 N–H and O–H groups in total. The van der Waals surface area contributed by atoms with Crippen molar-refractivity contribution >= 4 is 11.6 Å². The Balaban J connectivity index is 1.68. The van der Waals surface area contributed by atoms with Crippen LogP contribution in [0, 0.1) is 5.92 Å². The molecule has 1 aromatic carbocycles. The summed E-state index contributed by atoms with van der Waals surface area (Å²) in [5.41, 5.74) is 1.39. The van der Waals surface area contributed by atoms with Crippen molar-refractivity contribution in [2.24, 2.45) is 5.92 Å². The van der Waals surface area contributed by atoms with E-state index in [0.717, 1.165) is 22.9 Å². The fraction of sp³-hybridized carbons (Fsp3) is 0.435. The molecule has 1 fully saturated rings. The number of fused-ring (bicyclic) bond motifs is 4. The second-order valence-corrected chi connectivity index (χ2v) is 8.73. The zero-order chi connectivity index (χ0) is 21.9. The number of halogens is 3. The summed E-state index contributed by atoms with van der Waals surface area (Å²) in [6.07, 6.45) is -1.97. The Hall–Kier alpha value is -2.90. The smallest absolute Gasteiger partial charge is 0.334 e. The Morgan fingerprint density at radius 1 is 1.13 bits per heavy atom. The molecular formula is C23H23F3N4O. The van der Waals surface area contributed by atoms with E-state index in [1.165, 1.54) is 6.07 Å². The molecule has 1 amide bonds. The van der Waals surface area contributed by atoms with E-state index in [-0.39, 0.29) is 35.3 Å². The van der Waals surface area contributed by atoms with Gasteiger partial charge in [0, 0.05) is 29.8 Å². The molecule has 3 heterocycles. The Kier molecular flexibility index (Phi) is 4.57. The Labute approximate surface area is 177 Å². The standard InChI is InChI=1S/C23H23F3N4O/c1-13-7-8-14(2)29(12-13)22(31)18-11-19-27-20-16-6-4-3-5-15(16)9-10-17(20)21(23(24,25)26)30(19)28-18/h3-6,11,13-14H,7-10,12H2,1-2H3/t13-,14-/m1/s1. The molecule has 2 aromatic heterocycles. The molecule has 1 aliphatic heterocycles. The van der Waals surface area contributed by atoms with Gasteiger partial charge in [-0.2, -0.15) is 18.3 Å². The molecular weight excluding hydrogens is 405 g/mol. The summed E-state index contributed by atoms with van der Waals surface area (Å²) in [5, 5.41) is 4.12. The molecule has 1 saturated heterocycles. The van der Waals surface area contributed by atoms with Gasteiger partial charge >= 0.3 is 6.18 Å². The summed E-state index contributed by atoms with van der Waals surface area (Å²) in [6, 6.07) is 8.82. The number of nitrogens with zero attached hydrogens (tertiary/aromatic N) is 4. The number of carbonyl (C=O) groups excluding carboxylic acids is 1. The average molecular weight is 428 g/mol. The van der Waals surface area contributed by atoms with E-state index in [0.29, 0.717) is 30.1 Å². The summed E-state index contributed by atoms with van der Waals surface area (Å²) in [5.74, 6) is 0.0147. The predicted molar refractivity (Wildman–Crippen MR) is 110 cm³/mol. The number of hydrogen-bond donors (Lipinski definition) is 0. The minimum Gasteiger partial charge on any atom is -0.334 e. The van der Waals surface area contributed by atoms with Crippen LogP contribution in [0.4, 0.5) is 13.2 Å². The Morgan fingerprint density at radius 2 is 1.90 bits per heavy atom. The summed E-state index contributed by atoms with van der Waals surface area (Å²) in [4.78, 5) is 19.4. The largest absolute Gasteiger partial charge is 0.433 e. The second-order valence-electron chi connectivity index (χ2n) is 8.73. The van der Waals surface area contributed by atoms with Crippen LogP contribution in [0.1, 0.15) is 54.0 Å². The molecule has 0 unspecified atom stereocenters. The van der Waals surface area contributed by atoms with E-state index in [9.17, 15) is 18.0 Å². The molecule has 8 heteroatoms. The number of benzene rings is 1. The maximum Gasteiger partial charge on any atom is 0.433 e. The highest BCUT2D eigenvalue weighted by atomic mass is 19.4. The number of hydrogen-bond acceptors (Lipinski definition) is 3. The van der Waals surface area contributed by atoms with Gasteiger partial charge in [-0.3, -0.25) is 4.79 Å². The maximum absolute atomic E-state index is 14.2. The van der Waals surface area contributed by atoms with Crippen LogP contribution in [0.25, 0.3) is 16.9 Å². The van der Waals surface area contributed by atoms with E-state index in [1.807, 2.05) is 19.1 Å². The number of aromatic nitrogens is 3. The van der Waals surface area contributed by atoms with Crippen molar-refractivity contribution < 1.29 is 18.0 Å². The molecule has 1 aliphatic carbocycles. The molecule has 5 nitrogen and oxygen atoms in total. The third-order valence-electron chi connectivity index (χ3n) is 6.48. The van der Waals surface area contributed by atoms with Crippen LogP contribution in [0.3, 0.4) is 0 Å². The van der Waals surface area contributed by atoms with Gasteiger partial charge in [-0.05, 0) is 44.1 Å². The van der Waals surface area contributed by atoms with E-state index in [4.69, 9.17) is 0 Å². The average Bonchev–Trinajstić information content (AvgIpc) is 3.15. The van der Waals surface area contributed by atoms with Gasteiger partial charge in [0.15, 0.2) is 17.0 Å². The van der Waals surface area contributed by atoms with Crippen molar-refractivity contribution in [1.29, 1.82) is 0 Å². The van der Waals surface area contributed by atoms with Gasteiger partial charge in [0.2, 0.25) is 0 Å². The SMILES string of the molecule is C[C@@H]1CC[C@@H](C)N(C(=O)c2cc3nc4c(c(C(F)(F)F)n3n2)CCc2ccccc2-4)C1. The van der Waals surface area contributed by atoms with Gasteiger partial charge < -0.3 is 4.90 Å². The van der Waals surface area contributed by atoms with Crippen LogP contribution in [-0.2, 0) is 19.0 Å².